The first kappa shape index (κ1) is 14.0. The van der Waals surface area contributed by atoms with E-state index in [2.05, 4.69) is 31.3 Å². The third-order valence-electron chi connectivity index (χ3n) is 2.93. The lowest BCUT2D eigenvalue weighted by Gasteiger charge is -2.16. The number of para-hydroxylation sites is 1. The van der Waals surface area contributed by atoms with E-state index in [1.165, 1.54) is 11.1 Å². The summed E-state index contributed by atoms with van der Waals surface area (Å²) in [4.78, 5) is 11.9. The molecule has 1 rings (SSSR count). The molecule has 1 aromatic carbocycles. The van der Waals surface area contributed by atoms with Gasteiger partial charge >= 0.3 is 0 Å². The van der Waals surface area contributed by atoms with Crippen LogP contribution in [-0.4, -0.2) is 11.8 Å². The van der Waals surface area contributed by atoms with Crippen LogP contribution in [0.25, 0.3) is 0 Å². The molecule has 1 N–H and O–H groups in total. The normalized spacial score (nSPS) is 12.2. The second kappa shape index (κ2) is 6.65. The molecule has 0 heterocycles. The molecule has 94 valence electrons. The second-order valence-corrected chi connectivity index (χ2v) is 4.51. The predicted molar refractivity (Wildman–Crippen MR) is 73.7 cm³/mol. The molecule has 2 nitrogen and oxygen atoms in total. The van der Waals surface area contributed by atoms with Gasteiger partial charge in [-0.3, -0.25) is 4.79 Å². The van der Waals surface area contributed by atoms with Gasteiger partial charge in [0.05, 0.1) is 0 Å². The predicted octanol–water partition coefficient (Wildman–Crippen LogP) is 3.62. The Labute approximate surface area is 108 Å². The minimum atomic E-state index is -0.161. The van der Waals surface area contributed by atoms with Gasteiger partial charge < -0.3 is 5.32 Å². The fourth-order valence-corrected chi connectivity index (χ4v) is 1.86. The molecule has 0 aliphatic heterocycles. The van der Waals surface area contributed by atoms with Crippen LogP contribution < -0.4 is 5.32 Å². The van der Waals surface area contributed by atoms with Gasteiger partial charge in [-0.2, -0.15) is 0 Å². The molecule has 1 unspecified atom stereocenters. The van der Waals surface area contributed by atoms with Crippen LogP contribution >= 0.6 is 11.6 Å². The minimum Gasteiger partial charge on any atom is -0.325 e. The van der Waals surface area contributed by atoms with Gasteiger partial charge in [0.15, 0.2) is 0 Å². The van der Waals surface area contributed by atoms with Crippen molar-refractivity contribution in [1.29, 1.82) is 0 Å². The Hall–Kier alpha value is -1.02. The van der Waals surface area contributed by atoms with E-state index in [4.69, 9.17) is 11.6 Å². The standard InChI is InChI=1S/C14H20ClNO/c1-4-11-7-6-8-12(5-2)13(11)16-14(17)10(3)9-15/h6-8,10H,4-5,9H2,1-3H3,(H,16,17). The smallest absolute Gasteiger partial charge is 0.228 e. The van der Waals surface area contributed by atoms with E-state index in [9.17, 15) is 4.79 Å². The van der Waals surface area contributed by atoms with E-state index in [1.54, 1.807) is 0 Å². The van der Waals surface area contributed by atoms with Crippen molar-refractivity contribution in [2.24, 2.45) is 5.92 Å². The maximum atomic E-state index is 11.9. The van der Waals surface area contributed by atoms with Gasteiger partial charge in [0.1, 0.15) is 0 Å². The summed E-state index contributed by atoms with van der Waals surface area (Å²) in [5.74, 6) is 0.184. The number of carbonyl (C=O) groups excluding carboxylic acids is 1. The van der Waals surface area contributed by atoms with Crippen LogP contribution in [-0.2, 0) is 17.6 Å². The Morgan fingerprint density at radius 1 is 1.29 bits per heavy atom. The zero-order valence-corrected chi connectivity index (χ0v) is 11.5. The molecule has 0 fully saturated rings. The summed E-state index contributed by atoms with van der Waals surface area (Å²) in [6, 6.07) is 6.15. The summed E-state index contributed by atoms with van der Waals surface area (Å²) in [6.45, 7) is 6.02. The molecule has 0 aromatic heterocycles. The molecule has 0 bridgehead atoms. The number of carbonyl (C=O) groups is 1. The molecule has 3 heteroatoms. The summed E-state index contributed by atoms with van der Waals surface area (Å²) in [5.41, 5.74) is 3.33. The molecule has 1 amide bonds. The first-order chi connectivity index (χ1) is 8.13. The molecule has 0 aliphatic carbocycles. The lowest BCUT2D eigenvalue weighted by Crippen LogP contribution is -2.22. The molecular weight excluding hydrogens is 234 g/mol. The van der Waals surface area contributed by atoms with Crippen LogP contribution in [0, 0.1) is 5.92 Å². The number of halogens is 1. The maximum Gasteiger partial charge on any atom is 0.228 e. The third-order valence-corrected chi connectivity index (χ3v) is 3.39. The molecule has 1 atom stereocenters. The van der Waals surface area contributed by atoms with Crippen molar-refractivity contribution in [3.8, 4) is 0 Å². The number of anilines is 1. The number of hydrogen-bond acceptors (Lipinski definition) is 1. The molecule has 0 saturated carbocycles. The minimum absolute atomic E-state index is 0.00407. The average Bonchev–Trinajstić information content (AvgIpc) is 2.37. The topological polar surface area (TPSA) is 29.1 Å². The summed E-state index contributed by atoms with van der Waals surface area (Å²) in [6.07, 6.45) is 1.83. The zero-order valence-electron chi connectivity index (χ0n) is 10.7. The summed E-state index contributed by atoms with van der Waals surface area (Å²) in [5, 5.41) is 3.01. The number of rotatable bonds is 5. The van der Waals surface area contributed by atoms with Gasteiger partial charge in [-0.05, 0) is 24.0 Å². The fourth-order valence-electron chi connectivity index (χ4n) is 1.72. The Kier molecular flexibility index (Phi) is 5.49. The highest BCUT2D eigenvalue weighted by molar-refractivity contribution is 6.19. The molecular formula is C14H20ClNO. The highest BCUT2D eigenvalue weighted by Gasteiger charge is 2.14. The maximum absolute atomic E-state index is 11.9. The Balaban J connectivity index is 2.99. The van der Waals surface area contributed by atoms with E-state index in [-0.39, 0.29) is 11.8 Å². The van der Waals surface area contributed by atoms with E-state index in [0.29, 0.717) is 5.88 Å². The number of aryl methyl sites for hydroxylation is 2. The highest BCUT2D eigenvalue weighted by atomic mass is 35.5. The largest absolute Gasteiger partial charge is 0.325 e. The number of alkyl halides is 1. The summed E-state index contributed by atoms with van der Waals surface area (Å²) in [7, 11) is 0. The Morgan fingerprint density at radius 3 is 2.24 bits per heavy atom. The number of amides is 1. The Morgan fingerprint density at radius 2 is 1.82 bits per heavy atom. The summed E-state index contributed by atoms with van der Waals surface area (Å²) < 4.78 is 0. The Bertz CT molecular complexity index is 368. The van der Waals surface area contributed by atoms with Crippen molar-refractivity contribution in [3.63, 3.8) is 0 Å². The second-order valence-electron chi connectivity index (χ2n) is 4.20. The first-order valence-corrected chi connectivity index (χ1v) is 6.65. The fraction of sp³-hybridized carbons (Fsp3) is 0.500. The molecule has 0 radical (unpaired) electrons. The van der Waals surface area contributed by atoms with Crippen molar-refractivity contribution >= 4 is 23.2 Å². The van der Waals surface area contributed by atoms with Crippen molar-refractivity contribution in [1.82, 2.24) is 0 Å². The van der Waals surface area contributed by atoms with Crippen molar-refractivity contribution in [3.05, 3.63) is 29.3 Å². The van der Waals surface area contributed by atoms with Gasteiger partial charge in [-0.25, -0.2) is 0 Å². The van der Waals surface area contributed by atoms with Crippen LogP contribution in [0.5, 0.6) is 0 Å². The molecule has 0 aliphatic rings. The number of benzene rings is 1. The van der Waals surface area contributed by atoms with E-state index in [0.717, 1.165) is 18.5 Å². The van der Waals surface area contributed by atoms with Crippen LogP contribution in [0.2, 0.25) is 0 Å². The quantitative estimate of drug-likeness (QED) is 0.798. The van der Waals surface area contributed by atoms with Gasteiger partial charge in [0.25, 0.3) is 0 Å². The van der Waals surface area contributed by atoms with Crippen LogP contribution in [0.4, 0.5) is 5.69 Å². The summed E-state index contributed by atoms with van der Waals surface area (Å²) >= 11 is 5.70. The first-order valence-electron chi connectivity index (χ1n) is 6.11. The molecule has 0 spiro atoms. The SMILES string of the molecule is CCc1cccc(CC)c1NC(=O)C(C)CCl. The van der Waals surface area contributed by atoms with Crippen LogP contribution in [0.15, 0.2) is 18.2 Å². The van der Waals surface area contributed by atoms with E-state index in [1.807, 2.05) is 13.0 Å². The number of nitrogens with one attached hydrogen (secondary N) is 1. The monoisotopic (exact) mass is 253 g/mol. The lowest BCUT2D eigenvalue weighted by molar-refractivity contribution is -0.118. The van der Waals surface area contributed by atoms with Crippen molar-refractivity contribution in [2.75, 3.05) is 11.2 Å². The lowest BCUT2D eigenvalue weighted by atomic mass is 10.0. The highest BCUT2D eigenvalue weighted by Crippen LogP contribution is 2.23. The van der Waals surface area contributed by atoms with Crippen LogP contribution in [0.1, 0.15) is 31.9 Å². The van der Waals surface area contributed by atoms with Gasteiger partial charge in [-0.15, -0.1) is 11.6 Å². The van der Waals surface area contributed by atoms with E-state index < -0.39 is 0 Å². The van der Waals surface area contributed by atoms with E-state index >= 15 is 0 Å². The molecule has 0 saturated heterocycles. The van der Waals surface area contributed by atoms with Gasteiger partial charge in [0, 0.05) is 17.5 Å². The van der Waals surface area contributed by atoms with Crippen molar-refractivity contribution in [2.45, 2.75) is 33.6 Å². The van der Waals surface area contributed by atoms with Gasteiger partial charge in [-0.1, -0.05) is 39.0 Å². The van der Waals surface area contributed by atoms with Gasteiger partial charge in [0.2, 0.25) is 5.91 Å². The van der Waals surface area contributed by atoms with Crippen LogP contribution in [0.3, 0.4) is 0 Å². The molecule has 17 heavy (non-hydrogen) atoms. The number of hydrogen-bond donors (Lipinski definition) is 1. The van der Waals surface area contributed by atoms with Crippen molar-refractivity contribution < 1.29 is 4.79 Å². The third kappa shape index (κ3) is 3.47. The zero-order chi connectivity index (χ0) is 12.8. The molecule has 1 aromatic rings. The average molecular weight is 254 g/mol.